The molecule has 100 valence electrons. The summed E-state index contributed by atoms with van der Waals surface area (Å²) < 4.78 is 0. The van der Waals surface area contributed by atoms with E-state index < -0.39 is 0 Å². The third kappa shape index (κ3) is 3.51. The van der Waals surface area contributed by atoms with E-state index in [0.29, 0.717) is 13.0 Å². The Labute approximate surface area is 112 Å². The van der Waals surface area contributed by atoms with Gasteiger partial charge in [-0.3, -0.25) is 9.69 Å². The van der Waals surface area contributed by atoms with Crippen LogP contribution < -0.4 is 5.73 Å². The summed E-state index contributed by atoms with van der Waals surface area (Å²) in [4.78, 5) is 20.4. The lowest BCUT2D eigenvalue weighted by Crippen LogP contribution is -2.48. The third-order valence-electron chi connectivity index (χ3n) is 3.14. The van der Waals surface area contributed by atoms with Crippen molar-refractivity contribution in [1.82, 2.24) is 14.8 Å². The molecule has 0 radical (unpaired) electrons. The first-order valence-corrected chi connectivity index (χ1v) is 7.18. The predicted octanol–water partition coefficient (Wildman–Crippen LogP) is 0.445. The Morgan fingerprint density at radius 1 is 1.44 bits per heavy atom. The molecule has 6 heteroatoms. The number of nitrogens with two attached hydrogens (primary N) is 1. The molecule has 0 unspecified atom stereocenters. The Morgan fingerprint density at radius 3 is 2.72 bits per heavy atom. The van der Waals surface area contributed by atoms with Gasteiger partial charge in [-0.05, 0) is 6.92 Å². The monoisotopic (exact) mass is 268 g/mol. The average Bonchev–Trinajstić information content (AvgIpc) is 2.76. The van der Waals surface area contributed by atoms with E-state index in [4.69, 9.17) is 5.73 Å². The van der Waals surface area contributed by atoms with Gasteiger partial charge in [0.15, 0.2) is 0 Å². The lowest BCUT2D eigenvalue weighted by Gasteiger charge is -2.34. The average molecular weight is 268 g/mol. The third-order valence-corrected chi connectivity index (χ3v) is 3.96. The minimum atomic E-state index is 0.182. The van der Waals surface area contributed by atoms with Crippen LogP contribution in [0.5, 0.6) is 0 Å². The molecule has 1 aliphatic rings. The van der Waals surface area contributed by atoms with Crippen LogP contribution in [-0.2, 0) is 11.3 Å². The number of piperazine rings is 1. The van der Waals surface area contributed by atoms with Crippen molar-refractivity contribution in [3.8, 4) is 0 Å². The summed E-state index contributed by atoms with van der Waals surface area (Å²) >= 11 is 1.69. The lowest BCUT2D eigenvalue weighted by molar-refractivity contribution is -0.132. The second-order valence-electron chi connectivity index (χ2n) is 4.55. The van der Waals surface area contributed by atoms with E-state index in [2.05, 4.69) is 15.3 Å². The summed E-state index contributed by atoms with van der Waals surface area (Å²) in [6.07, 6.45) is 0.464. The molecule has 0 aliphatic carbocycles. The summed E-state index contributed by atoms with van der Waals surface area (Å²) in [5.41, 5.74) is 6.54. The van der Waals surface area contributed by atoms with Gasteiger partial charge in [0.2, 0.25) is 5.91 Å². The van der Waals surface area contributed by atoms with Crippen molar-refractivity contribution in [2.75, 3.05) is 32.7 Å². The first kappa shape index (κ1) is 13.5. The van der Waals surface area contributed by atoms with Gasteiger partial charge in [-0.1, -0.05) is 0 Å². The van der Waals surface area contributed by atoms with Gasteiger partial charge >= 0.3 is 0 Å². The minimum Gasteiger partial charge on any atom is -0.340 e. The fraction of sp³-hybridized carbons (Fsp3) is 0.667. The van der Waals surface area contributed by atoms with Crippen LogP contribution in [0, 0.1) is 6.92 Å². The van der Waals surface area contributed by atoms with Crippen molar-refractivity contribution in [3.05, 3.63) is 16.1 Å². The van der Waals surface area contributed by atoms with Crippen molar-refractivity contribution in [3.63, 3.8) is 0 Å². The number of nitrogens with zero attached hydrogens (tertiary/aromatic N) is 3. The number of aromatic nitrogens is 1. The van der Waals surface area contributed by atoms with Crippen LogP contribution in [0.15, 0.2) is 5.38 Å². The van der Waals surface area contributed by atoms with Gasteiger partial charge < -0.3 is 10.6 Å². The zero-order valence-corrected chi connectivity index (χ0v) is 11.6. The maximum atomic E-state index is 11.7. The topological polar surface area (TPSA) is 62.5 Å². The largest absolute Gasteiger partial charge is 0.340 e. The minimum absolute atomic E-state index is 0.182. The maximum absolute atomic E-state index is 11.7. The standard InChI is InChI=1S/C12H20N4OS/c1-10-14-11(9-18-10)8-15-4-6-16(7-5-15)12(17)2-3-13/h9H,2-8,13H2,1H3. The molecule has 0 saturated carbocycles. The highest BCUT2D eigenvalue weighted by Gasteiger charge is 2.20. The van der Waals surface area contributed by atoms with Gasteiger partial charge in [-0.2, -0.15) is 0 Å². The van der Waals surface area contributed by atoms with Crippen molar-refractivity contribution in [2.24, 2.45) is 5.73 Å². The quantitative estimate of drug-likeness (QED) is 0.861. The Hall–Kier alpha value is -0.980. The fourth-order valence-electron chi connectivity index (χ4n) is 2.15. The normalized spacial score (nSPS) is 17.1. The molecule has 1 saturated heterocycles. The molecule has 1 aromatic rings. The first-order chi connectivity index (χ1) is 8.69. The number of carbonyl (C=O) groups excluding carboxylic acids is 1. The highest BCUT2D eigenvalue weighted by Crippen LogP contribution is 2.12. The van der Waals surface area contributed by atoms with Gasteiger partial charge in [0.1, 0.15) is 0 Å². The van der Waals surface area contributed by atoms with Crippen LogP contribution in [-0.4, -0.2) is 53.4 Å². The molecule has 2 rings (SSSR count). The molecule has 0 bridgehead atoms. The maximum Gasteiger partial charge on any atom is 0.223 e. The van der Waals surface area contributed by atoms with E-state index in [1.54, 1.807) is 11.3 Å². The highest BCUT2D eigenvalue weighted by atomic mass is 32.1. The second kappa shape index (κ2) is 6.26. The van der Waals surface area contributed by atoms with E-state index in [0.717, 1.165) is 43.4 Å². The van der Waals surface area contributed by atoms with Crippen LogP contribution in [0.2, 0.25) is 0 Å². The number of amides is 1. The summed E-state index contributed by atoms with van der Waals surface area (Å²) in [6, 6.07) is 0. The smallest absolute Gasteiger partial charge is 0.223 e. The van der Waals surface area contributed by atoms with Crippen molar-refractivity contribution in [1.29, 1.82) is 0 Å². The molecule has 1 fully saturated rings. The van der Waals surface area contributed by atoms with Crippen molar-refractivity contribution >= 4 is 17.2 Å². The highest BCUT2D eigenvalue weighted by molar-refractivity contribution is 7.09. The summed E-state index contributed by atoms with van der Waals surface area (Å²) in [7, 11) is 0. The molecule has 18 heavy (non-hydrogen) atoms. The Balaban J connectivity index is 1.78. The molecule has 0 aromatic carbocycles. The van der Waals surface area contributed by atoms with Gasteiger partial charge in [-0.25, -0.2) is 4.98 Å². The molecular formula is C12H20N4OS. The zero-order valence-electron chi connectivity index (χ0n) is 10.8. The molecule has 2 N–H and O–H groups in total. The molecule has 0 spiro atoms. The second-order valence-corrected chi connectivity index (χ2v) is 5.62. The van der Waals surface area contributed by atoms with Crippen LogP contribution in [0.25, 0.3) is 0 Å². The Morgan fingerprint density at radius 2 is 2.17 bits per heavy atom. The lowest BCUT2D eigenvalue weighted by atomic mass is 10.2. The van der Waals surface area contributed by atoms with E-state index in [-0.39, 0.29) is 5.91 Å². The fourth-order valence-corrected chi connectivity index (χ4v) is 2.75. The van der Waals surface area contributed by atoms with Crippen LogP contribution in [0.4, 0.5) is 0 Å². The van der Waals surface area contributed by atoms with E-state index >= 15 is 0 Å². The SMILES string of the molecule is Cc1nc(CN2CCN(C(=O)CCN)CC2)cs1. The van der Waals surface area contributed by atoms with Gasteiger partial charge in [0.25, 0.3) is 0 Å². The Bertz CT molecular complexity index is 399. The van der Waals surface area contributed by atoms with Crippen LogP contribution in [0.1, 0.15) is 17.1 Å². The van der Waals surface area contributed by atoms with Gasteiger partial charge in [-0.15, -0.1) is 11.3 Å². The van der Waals surface area contributed by atoms with Gasteiger partial charge in [0.05, 0.1) is 10.7 Å². The zero-order chi connectivity index (χ0) is 13.0. The van der Waals surface area contributed by atoms with E-state index in [1.807, 2.05) is 11.8 Å². The number of rotatable bonds is 4. The van der Waals surface area contributed by atoms with Crippen molar-refractivity contribution in [2.45, 2.75) is 19.9 Å². The molecule has 1 aromatic heterocycles. The number of thiazole rings is 1. The number of aryl methyl sites for hydroxylation is 1. The van der Waals surface area contributed by atoms with Gasteiger partial charge in [0, 0.05) is 51.1 Å². The summed E-state index contributed by atoms with van der Waals surface area (Å²) in [6.45, 7) is 6.82. The predicted molar refractivity (Wildman–Crippen MR) is 72.4 cm³/mol. The van der Waals surface area contributed by atoms with E-state index in [1.165, 1.54) is 0 Å². The van der Waals surface area contributed by atoms with Crippen molar-refractivity contribution < 1.29 is 4.79 Å². The molecule has 1 amide bonds. The number of carbonyl (C=O) groups is 1. The summed E-state index contributed by atoms with van der Waals surface area (Å²) in [5.74, 6) is 0.182. The molecule has 1 aliphatic heterocycles. The Kier molecular flexibility index (Phi) is 4.68. The number of hydrogen-bond donors (Lipinski definition) is 1. The summed E-state index contributed by atoms with van der Waals surface area (Å²) in [5, 5.41) is 3.23. The molecular weight excluding hydrogens is 248 g/mol. The molecule has 0 atom stereocenters. The number of hydrogen-bond acceptors (Lipinski definition) is 5. The molecule has 2 heterocycles. The van der Waals surface area contributed by atoms with E-state index in [9.17, 15) is 4.79 Å². The van der Waals surface area contributed by atoms with Crippen LogP contribution >= 0.6 is 11.3 Å². The van der Waals surface area contributed by atoms with Crippen LogP contribution in [0.3, 0.4) is 0 Å². The first-order valence-electron chi connectivity index (χ1n) is 6.30. The molecule has 5 nitrogen and oxygen atoms in total.